The quantitative estimate of drug-likeness (QED) is 0.301. The second kappa shape index (κ2) is 13.9. The number of benzene rings is 3. The van der Waals surface area contributed by atoms with E-state index in [0.29, 0.717) is 17.2 Å². The van der Waals surface area contributed by atoms with Crippen LogP contribution < -0.4 is 14.4 Å². The zero-order valence-electron chi connectivity index (χ0n) is 23.3. The van der Waals surface area contributed by atoms with Gasteiger partial charge in [0.25, 0.3) is 10.0 Å². The molecule has 3 aromatic carbocycles. The van der Waals surface area contributed by atoms with Crippen LogP contribution in [0.3, 0.4) is 0 Å². The summed E-state index contributed by atoms with van der Waals surface area (Å²) in [6.45, 7) is 1.43. The Bertz CT molecular complexity index is 1430. The molecule has 1 saturated carbocycles. The molecule has 1 unspecified atom stereocenters. The SMILES string of the molecule is CCC(C(=O)NC1CCCC1)N(Cc1ccc(Cl)cc1)C(=O)CN(c1ccccc1OC)S(=O)(=O)c1ccccc1. The van der Waals surface area contributed by atoms with Crippen molar-refractivity contribution in [1.29, 1.82) is 0 Å². The highest BCUT2D eigenvalue weighted by molar-refractivity contribution is 7.92. The number of anilines is 1. The Kier molecular flexibility index (Phi) is 10.3. The zero-order valence-corrected chi connectivity index (χ0v) is 24.9. The molecule has 0 aliphatic heterocycles. The topological polar surface area (TPSA) is 96.0 Å². The summed E-state index contributed by atoms with van der Waals surface area (Å²) in [5.41, 5.74) is 0.992. The summed E-state index contributed by atoms with van der Waals surface area (Å²) < 4.78 is 34.5. The smallest absolute Gasteiger partial charge is 0.264 e. The molecule has 41 heavy (non-hydrogen) atoms. The van der Waals surface area contributed by atoms with Gasteiger partial charge in [-0.15, -0.1) is 0 Å². The van der Waals surface area contributed by atoms with Crippen LogP contribution in [0.25, 0.3) is 0 Å². The number of para-hydroxylation sites is 2. The average molecular weight is 598 g/mol. The third-order valence-corrected chi connectivity index (χ3v) is 9.34. The molecule has 1 aliphatic carbocycles. The molecule has 1 N–H and O–H groups in total. The van der Waals surface area contributed by atoms with Gasteiger partial charge in [-0.25, -0.2) is 8.42 Å². The van der Waals surface area contributed by atoms with Gasteiger partial charge >= 0.3 is 0 Å². The van der Waals surface area contributed by atoms with E-state index in [1.54, 1.807) is 66.7 Å². The molecular formula is C31H36ClN3O5S. The summed E-state index contributed by atoms with van der Waals surface area (Å²) in [4.78, 5) is 29.2. The lowest BCUT2D eigenvalue weighted by molar-refractivity contribution is -0.140. The molecule has 2 amide bonds. The number of hydrogen-bond acceptors (Lipinski definition) is 5. The van der Waals surface area contributed by atoms with E-state index in [9.17, 15) is 18.0 Å². The van der Waals surface area contributed by atoms with Gasteiger partial charge in [0.15, 0.2) is 0 Å². The molecule has 1 fully saturated rings. The number of hydrogen-bond donors (Lipinski definition) is 1. The van der Waals surface area contributed by atoms with Crippen LogP contribution in [0, 0.1) is 0 Å². The number of ether oxygens (including phenoxy) is 1. The number of sulfonamides is 1. The summed E-state index contributed by atoms with van der Waals surface area (Å²) in [7, 11) is -2.73. The van der Waals surface area contributed by atoms with Crippen molar-refractivity contribution < 1.29 is 22.7 Å². The summed E-state index contributed by atoms with van der Waals surface area (Å²) >= 11 is 6.09. The molecule has 218 valence electrons. The van der Waals surface area contributed by atoms with Crippen LogP contribution in [0.5, 0.6) is 5.75 Å². The van der Waals surface area contributed by atoms with E-state index in [0.717, 1.165) is 35.6 Å². The van der Waals surface area contributed by atoms with Crippen LogP contribution in [0.4, 0.5) is 5.69 Å². The van der Waals surface area contributed by atoms with Gasteiger partial charge in [0.1, 0.15) is 18.3 Å². The summed E-state index contributed by atoms with van der Waals surface area (Å²) in [5.74, 6) is -0.453. The molecule has 0 saturated heterocycles. The van der Waals surface area contributed by atoms with Gasteiger partial charge < -0.3 is 15.0 Å². The number of methoxy groups -OCH3 is 1. The Hall–Kier alpha value is -3.56. The zero-order chi connectivity index (χ0) is 29.4. The fourth-order valence-electron chi connectivity index (χ4n) is 5.14. The molecule has 1 atom stereocenters. The maximum Gasteiger partial charge on any atom is 0.264 e. The predicted molar refractivity (Wildman–Crippen MR) is 160 cm³/mol. The van der Waals surface area contributed by atoms with Crippen molar-refractivity contribution in [2.75, 3.05) is 18.0 Å². The normalized spacial score (nSPS) is 14.3. The molecule has 0 heterocycles. The minimum Gasteiger partial charge on any atom is -0.495 e. The van der Waals surface area contributed by atoms with E-state index in [-0.39, 0.29) is 29.1 Å². The predicted octanol–water partition coefficient (Wildman–Crippen LogP) is 5.41. The number of rotatable bonds is 12. The van der Waals surface area contributed by atoms with Gasteiger partial charge in [0, 0.05) is 17.6 Å². The lowest BCUT2D eigenvalue weighted by Crippen LogP contribution is -2.53. The van der Waals surface area contributed by atoms with Crippen molar-refractivity contribution in [2.24, 2.45) is 0 Å². The van der Waals surface area contributed by atoms with E-state index in [2.05, 4.69) is 5.32 Å². The van der Waals surface area contributed by atoms with Gasteiger partial charge in [0.05, 0.1) is 17.7 Å². The Morgan fingerprint density at radius 3 is 2.24 bits per heavy atom. The van der Waals surface area contributed by atoms with Crippen LogP contribution in [-0.4, -0.2) is 50.9 Å². The maximum atomic E-state index is 14.2. The fraction of sp³-hybridized carbons (Fsp3) is 0.355. The molecule has 0 bridgehead atoms. The van der Waals surface area contributed by atoms with Crippen molar-refractivity contribution in [3.8, 4) is 5.75 Å². The van der Waals surface area contributed by atoms with Gasteiger partial charge in [-0.3, -0.25) is 13.9 Å². The monoisotopic (exact) mass is 597 g/mol. The van der Waals surface area contributed by atoms with Crippen molar-refractivity contribution in [3.63, 3.8) is 0 Å². The van der Waals surface area contributed by atoms with E-state index in [4.69, 9.17) is 16.3 Å². The Balaban J connectivity index is 1.73. The molecular weight excluding hydrogens is 562 g/mol. The lowest BCUT2D eigenvalue weighted by atomic mass is 10.1. The minimum atomic E-state index is -4.18. The van der Waals surface area contributed by atoms with Gasteiger partial charge in [-0.05, 0) is 61.2 Å². The largest absolute Gasteiger partial charge is 0.495 e. The highest BCUT2D eigenvalue weighted by Gasteiger charge is 2.35. The molecule has 0 spiro atoms. The van der Waals surface area contributed by atoms with Crippen molar-refractivity contribution >= 4 is 39.1 Å². The van der Waals surface area contributed by atoms with E-state index in [1.807, 2.05) is 6.92 Å². The number of halogens is 1. The first-order chi connectivity index (χ1) is 19.7. The molecule has 1 aliphatic rings. The number of amides is 2. The summed E-state index contributed by atoms with van der Waals surface area (Å²) in [6, 6.07) is 20.9. The van der Waals surface area contributed by atoms with Gasteiger partial charge in [-0.2, -0.15) is 0 Å². The maximum absolute atomic E-state index is 14.2. The third kappa shape index (κ3) is 7.40. The Morgan fingerprint density at radius 1 is 0.976 bits per heavy atom. The molecule has 10 heteroatoms. The summed E-state index contributed by atoms with van der Waals surface area (Å²) in [5, 5.41) is 3.66. The average Bonchev–Trinajstić information content (AvgIpc) is 3.50. The van der Waals surface area contributed by atoms with E-state index >= 15 is 0 Å². The second-order valence-electron chi connectivity index (χ2n) is 10.1. The van der Waals surface area contributed by atoms with Crippen LogP contribution in [0.1, 0.15) is 44.6 Å². The fourth-order valence-corrected chi connectivity index (χ4v) is 6.71. The van der Waals surface area contributed by atoms with Crippen LogP contribution in [0.2, 0.25) is 5.02 Å². The number of nitrogens with zero attached hydrogens (tertiary/aromatic N) is 2. The highest BCUT2D eigenvalue weighted by atomic mass is 35.5. The number of carbonyl (C=O) groups is 2. The van der Waals surface area contributed by atoms with Crippen molar-refractivity contribution in [1.82, 2.24) is 10.2 Å². The van der Waals surface area contributed by atoms with Gasteiger partial charge in [0.2, 0.25) is 11.8 Å². The molecule has 8 nitrogen and oxygen atoms in total. The second-order valence-corrected chi connectivity index (χ2v) is 12.4. The van der Waals surface area contributed by atoms with Gasteiger partial charge in [-0.1, -0.05) is 73.8 Å². The molecule has 0 radical (unpaired) electrons. The third-order valence-electron chi connectivity index (χ3n) is 7.32. The molecule has 3 aromatic rings. The Morgan fingerprint density at radius 2 is 1.61 bits per heavy atom. The lowest BCUT2D eigenvalue weighted by Gasteiger charge is -2.34. The van der Waals surface area contributed by atoms with Crippen molar-refractivity contribution in [2.45, 2.75) is 62.6 Å². The van der Waals surface area contributed by atoms with Crippen LogP contribution in [0.15, 0.2) is 83.8 Å². The first-order valence-corrected chi connectivity index (χ1v) is 15.6. The minimum absolute atomic E-state index is 0.0361. The first-order valence-electron chi connectivity index (χ1n) is 13.8. The van der Waals surface area contributed by atoms with E-state index < -0.39 is 28.5 Å². The first kappa shape index (κ1) is 30.4. The van der Waals surface area contributed by atoms with Crippen LogP contribution >= 0.6 is 11.6 Å². The van der Waals surface area contributed by atoms with Crippen molar-refractivity contribution in [3.05, 3.63) is 89.4 Å². The number of carbonyl (C=O) groups excluding carboxylic acids is 2. The van der Waals surface area contributed by atoms with E-state index in [1.165, 1.54) is 24.1 Å². The highest BCUT2D eigenvalue weighted by Crippen LogP contribution is 2.32. The molecule has 0 aromatic heterocycles. The Labute approximate surface area is 247 Å². The van der Waals surface area contributed by atoms with Crippen LogP contribution in [-0.2, 0) is 26.2 Å². The number of nitrogens with one attached hydrogen (secondary N) is 1. The standard InChI is InChI=1S/C31H36ClN3O5S/c1-3-27(31(37)33-25-11-7-8-12-25)34(21-23-17-19-24(32)20-18-23)30(36)22-35(28-15-9-10-16-29(28)40-2)41(38,39)26-13-5-4-6-14-26/h4-6,9-10,13-20,25,27H,3,7-8,11-12,21-22H2,1-2H3,(H,33,37). The molecule has 4 rings (SSSR count). The summed E-state index contributed by atoms with van der Waals surface area (Å²) in [6.07, 6.45) is 4.28.